The van der Waals surface area contributed by atoms with E-state index in [2.05, 4.69) is 230 Å². The van der Waals surface area contributed by atoms with Crippen LogP contribution in [0.2, 0.25) is 0 Å². The van der Waals surface area contributed by atoms with E-state index in [9.17, 15) is 0 Å². The Hall–Kier alpha value is -7.10. The van der Waals surface area contributed by atoms with E-state index in [1.54, 1.807) is 0 Å². The third kappa shape index (κ3) is 5.70. The molecule has 9 aromatic carbocycles. The molecule has 0 aliphatic carbocycles. The molecular formula is C64H55BN2. The fourth-order valence-electron chi connectivity index (χ4n) is 12.3. The molecular weight excluding hydrogens is 808 g/mol. The van der Waals surface area contributed by atoms with E-state index in [1.807, 2.05) is 0 Å². The number of hydrogen-bond acceptors (Lipinski definition) is 0. The molecule has 2 aliphatic heterocycles. The van der Waals surface area contributed by atoms with Crippen molar-refractivity contribution >= 4 is 72.2 Å². The first-order chi connectivity index (χ1) is 32.1. The average Bonchev–Trinajstić information content (AvgIpc) is 3.81. The van der Waals surface area contributed by atoms with Crippen molar-refractivity contribution in [2.24, 2.45) is 0 Å². The molecule has 0 amide bonds. The van der Waals surface area contributed by atoms with Crippen LogP contribution in [0.25, 0.3) is 105 Å². The van der Waals surface area contributed by atoms with Gasteiger partial charge < -0.3 is 9.05 Å². The molecule has 0 spiro atoms. The first-order valence-corrected chi connectivity index (χ1v) is 24.2. The number of rotatable bonds is 3. The van der Waals surface area contributed by atoms with Crippen LogP contribution in [0.1, 0.15) is 74.9 Å². The summed E-state index contributed by atoms with van der Waals surface area (Å²) in [5.41, 5.74) is 27.3. The third-order valence-electron chi connectivity index (χ3n) is 15.5. The Morgan fingerprint density at radius 1 is 0.403 bits per heavy atom. The zero-order valence-electron chi connectivity index (χ0n) is 40.4. The molecule has 13 rings (SSSR count). The van der Waals surface area contributed by atoms with E-state index in [4.69, 9.17) is 0 Å². The second-order valence-corrected chi connectivity index (χ2v) is 22.0. The van der Waals surface area contributed by atoms with Gasteiger partial charge in [-0.15, -0.1) is 0 Å². The molecule has 0 N–H and O–H groups in total. The molecule has 0 saturated carbocycles. The summed E-state index contributed by atoms with van der Waals surface area (Å²) >= 11 is 0. The molecule has 2 nitrogen and oxygen atoms in total. The molecule has 324 valence electrons. The summed E-state index contributed by atoms with van der Waals surface area (Å²) < 4.78 is 5.45. The highest BCUT2D eigenvalue weighted by Gasteiger charge is 2.43. The average molecular weight is 863 g/mol. The lowest BCUT2D eigenvalue weighted by molar-refractivity contribution is 0.590. The number of aryl methyl sites for hydroxylation is 4. The van der Waals surface area contributed by atoms with Crippen molar-refractivity contribution in [1.82, 2.24) is 9.05 Å². The second kappa shape index (κ2) is 13.7. The van der Waals surface area contributed by atoms with Crippen LogP contribution < -0.4 is 10.9 Å². The van der Waals surface area contributed by atoms with E-state index in [-0.39, 0.29) is 17.7 Å². The molecule has 2 aliphatic rings. The van der Waals surface area contributed by atoms with Crippen molar-refractivity contribution in [1.29, 1.82) is 0 Å². The highest BCUT2D eigenvalue weighted by molar-refractivity contribution is 6.90. The molecule has 0 radical (unpaired) electrons. The Morgan fingerprint density at radius 2 is 1.04 bits per heavy atom. The van der Waals surface area contributed by atoms with Crippen molar-refractivity contribution in [3.8, 4) is 50.2 Å². The highest BCUT2D eigenvalue weighted by atomic mass is 15.0. The van der Waals surface area contributed by atoms with Crippen molar-refractivity contribution < 1.29 is 0 Å². The summed E-state index contributed by atoms with van der Waals surface area (Å²) in [6, 6.07) is 59.2. The van der Waals surface area contributed by atoms with Crippen molar-refractivity contribution in [2.75, 3.05) is 0 Å². The zero-order chi connectivity index (χ0) is 46.0. The van der Waals surface area contributed by atoms with Crippen molar-refractivity contribution in [2.45, 2.75) is 80.1 Å². The Labute approximate surface area is 394 Å². The Kier molecular flexibility index (Phi) is 8.24. The summed E-state index contributed by atoms with van der Waals surface area (Å²) in [4.78, 5) is 0. The predicted octanol–water partition coefficient (Wildman–Crippen LogP) is 15.8. The number of aromatic nitrogens is 2. The molecule has 0 fully saturated rings. The lowest BCUT2D eigenvalue weighted by atomic mass is 9.45. The van der Waals surface area contributed by atoms with Gasteiger partial charge in [-0.25, -0.2) is 0 Å². The fraction of sp³-hybridized carbons (Fsp3) is 0.188. The van der Waals surface area contributed by atoms with Gasteiger partial charge in [0, 0.05) is 49.2 Å². The van der Waals surface area contributed by atoms with Crippen LogP contribution in [0.4, 0.5) is 0 Å². The first-order valence-electron chi connectivity index (χ1n) is 24.2. The Balaban J connectivity index is 1.26. The maximum Gasteiger partial charge on any atom is 0.333 e. The normalized spacial score (nSPS) is 13.2. The lowest BCUT2D eigenvalue weighted by Crippen LogP contribution is -2.55. The van der Waals surface area contributed by atoms with Crippen LogP contribution in [0.3, 0.4) is 0 Å². The summed E-state index contributed by atoms with van der Waals surface area (Å²) in [5, 5.41) is 7.83. The first kappa shape index (κ1) is 40.2. The SMILES string of the molecule is Cc1cc(C)cc(-c2cc3c4c(c2)-n2c5c(cc(-c6ccccc6)cc5c5ccc6c(-c7c(C)cccc7C)cccc6c52)B4n2c4ccc(C(C)(C)C)cc4c4cc(C(C)(C)C)cc-3c42)c1. The number of nitrogens with zero attached hydrogens (tertiary/aromatic N) is 2. The van der Waals surface area contributed by atoms with Gasteiger partial charge in [-0.3, -0.25) is 0 Å². The van der Waals surface area contributed by atoms with Gasteiger partial charge in [-0.2, -0.15) is 0 Å². The quantitative estimate of drug-likeness (QED) is 0.157. The molecule has 0 saturated heterocycles. The van der Waals surface area contributed by atoms with Crippen LogP contribution in [0.5, 0.6) is 0 Å². The Bertz CT molecular complexity index is 3930. The maximum atomic E-state index is 2.75. The van der Waals surface area contributed by atoms with E-state index >= 15 is 0 Å². The standard InChI is InChI=1S/C64H55BN2/c1-36-26-37(2)28-41(27-36)43-29-51-54-35-45(64(8,9)10)34-53-50-33-44(63(5,6)7)22-25-56(50)67(61(53)54)65-55-31-42(40-18-12-11-13-19-40)30-52-49-24-23-46-47(58-38(3)16-14-17-39(58)4)20-15-21-48(46)60(49)66(62(52)55)57(32-43)59(51)65/h11-35H,1-10H3. The second-order valence-electron chi connectivity index (χ2n) is 22.0. The molecule has 4 heterocycles. The van der Waals surface area contributed by atoms with Crippen LogP contribution in [0.15, 0.2) is 152 Å². The van der Waals surface area contributed by atoms with Gasteiger partial charge in [0.1, 0.15) is 0 Å². The lowest BCUT2D eigenvalue weighted by Gasteiger charge is -2.35. The predicted molar refractivity (Wildman–Crippen MR) is 290 cm³/mol. The van der Waals surface area contributed by atoms with Gasteiger partial charge in [0.25, 0.3) is 0 Å². The summed E-state index contributed by atoms with van der Waals surface area (Å²) in [5.74, 6) is 0. The minimum absolute atomic E-state index is 0.00668. The van der Waals surface area contributed by atoms with Gasteiger partial charge in [-0.1, -0.05) is 162 Å². The molecule has 0 atom stereocenters. The van der Waals surface area contributed by atoms with E-state index < -0.39 is 0 Å². The zero-order valence-corrected chi connectivity index (χ0v) is 40.4. The number of hydrogen-bond donors (Lipinski definition) is 0. The third-order valence-corrected chi connectivity index (χ3v) is 15.5. The molecule has 0 unspecified atom stereocenters. The highest BCUT2D eigenvalue weighted by Crippen LogP contribution is 2.49. The molecule has 67 heavy (non-hydrogen) atoms. The number of fused-ring (bicyclic) bond motifs is 12. The van der Waals surface area contributed by atoms with E-state index in [0.29, 0.717) is 0 Å². The van der Waals surface area contributed by atoms with Crippen molar-refractivity contribution in [3.63, 3.8) is 0 Å². The summed E-state index contributed by atoms with van der Waals surface area (Å²) in [7, 11) is 0. The monoisotopic (exact) mass is 862 g/mol. The molecule has 0 bridgehead atoms. The minimum Gasteiger partial charge on any atom is -0.375 e. The topological polar surface area (TPSA) is 9.86 Å². The molecule has 2 aromatic heterocycles. The Morgan fingerprint density at radius 3 is 1.78 bits per heavy atom. The summed E-state index contributed by atoms with van der Waals surface area (Å²) in [6.45, 7) is 23.1. The largest absolute Gasteiger partial charge is 0.375 e. The number of benzene rings is 9. The van der Waals surface area contributed by atoms with Crippen molar-refractivity contribution in [3.05, 3.63) is 185 Å². The maximum absolute atomic E-state index is 2.75. The van der Waals surface area contributed by atoms with Gasteiger partial charge in [-0.05, 0) is 158 Å². The fourth-order valence-corrected chi connectivity index (χ4v) is 12.3. The van der Waals surface area contributed by atoms with E-state index in [0.717, 1.165) is 0 Å². The van der Waals surface area contributed by atoms with Gasteiger partial charge in [0.15, 0.2) is 0 Å². The van der Waals surface area contributed by atoms with Gasteiger partial charge in [0.05, 0.1) is 11.0 Å². The van der Waals surface area contributed by atoms with Crippen LogP contribution in [-0.2, 0) is 10.8 Å². The summed E-state index contributed by atoms with van der Waals surface area (Å²) in [6.07, 6.45) is 0. The van der Waals surface area contributed by atoms with Gasteiger partial charge in [0.2, 0.25) is 0 Å². The smallest absolute Gasteiger partial charge is 0.333 e. The van der Waals surface area contributed by atoms with Crippen LogP contribution >= 0.6 is 0 Å². The van der Waals surface area contributed by atoms with E-state index in [1.165, 1.54) is 149 Å². The molecule has 11 aromatic rings. The molecule has 3 heteroatoms. The van der Waals surface area contributed by atoms with Gasteiger partial charge >= 0.3 is 6.85 Å². The van der Waals surface area contributed by atoms with Crippen LogP contribution in [-0.4, -0.2) is 15.9 Å². The minimum atomic E-state index is -0.0637. The van der Waals surface area contributed by atoms with Crippen LogP contribution in [0, 0.1) is 27.7 Å².